The van der Waals surface area contributed by atoms with Crippen molar-refractivity contribution in [3.05, 3.63) is 0 Å². The standard InChI is InChI=1S/C15H25N/c1-6-8-10-11-14(3,4)13-15(5,16)12-9-7-2/h1-2H,8-13,16H2,3-5H3. The van der Waals surface area contributed by atoms with Crippen molar-refractivity contribution in [3.63, 3.8) is 0 Å². The summed E-state index contributed by atoms with van der Waals surface area (Å²) in [7, 11) is 0. The summed E-state index contributed by atoms with van der Waals surface area (Å²) in [6.45, 7) is 6.60. The number of rotatable bonds is 7. The predicted molar refractivity (Wildman–Crippen MR) is 71.7 cm³/mol. The third kappa shape index (κ3) is 7.38. The van der Waals surface area contributed by atoms with Crippen molar-refractivity contribution in [1.82, 2.24) is 0 Å². The van der Waals surface area contributed by atoms with E-state index in [1.54, 1.807) is 0 Å². The molecule has 1 nitrogen and oxygen atoms in total. The molecule has 0 aliphatic heterocycles. The largest absolute Gasteiger partial charge is 0.325 e. The van der Waals surface area contributed by atoms with Crippen molar-refractivity contribution in [2.75, 3.05) is 0 Å². The van der Waals surface area contributed by atoms with Crippen LogP contribution >= 0.6 is 0 Å². The molecule has 0 spiro atoms. The molecule has 0 rings (SSSR count). The zero-order valence-corrected chi connectivity index (χ0v) is 11.0. The van der Waals surface area contributed by atoms with E-state index in [2.05, 4.69) is 32.6 Å². The fraction of sp³-hybridized carbons (Fsp3) is 0.733. The summed E-state index contributed by atoms with van der Waals surface area (Å²) >= 11 is 0. The lowest BCUT2D eigenvalue weighted by atomic mass is 9.75. The van der Waals surface area contributed by atoms with Gasteiger partial charge >= 0.3 is 0 Å². The first-order chi connectivity index (χ1) is 7.33. The fourth-order valence-corrected chi connectivity index (χ4v) is 2.30. The van der Waals surface area contributed by atoms with Crippen LogP contribution in [0.15, 0.2) is 0 Å². The maximum Gasteiger partial charge on any atom is 0.0140 e. The van der Waals surface area contributed by atoms with Gasteiger partial charge in [0.05, 0.1) is 0 Å². The minimum absolute atomic E-state index is 0.161. The minimum atomic E-state index is -0.161. The van der Waals surface area contributed by atoms with Crippen LogP contribution in [-0.2, 0) is 0 Å². The smallest absolute Gasteiger partial charge is 0.0140 e. The molecule has 0 heterocycles. The second-order valence-corrected chi connectivity index (χ2v) is 5.76. The molecule has 0 bridgehead atoms. The highest BCUT2D eigenvalue weighted by Gasteiger charge is 2.28. The van der Waals surface area contributed by atoms with Crippen LogP contribution in [0.3, 0.4) is 0 Å². The van der Waals surface area contributed by atoms with Gasteiger partial charge in [-0.2, -0.15) is 0 Å². The van der Waals surface area contributed by atoms with Gasteiger partial charge in [0.1, 0.15) is 0 Å². The molecular formula is C15H25N. The molecule has 1 heteroatoms. The molecule has 1 atom stereocenters. The van der Waals surface area contributed by atoms with Gasteiger partial charge in [0, 0.05) is 18.4 Å². The molecule has 0 saturated heterocycles. The van der Waals surface area contributed by atoms with Crippen LogP contribution in [0.4, 0.5) is 0 Å². The Labute approximate surface area is 101 Å². The van der Waals surface area contributed by atoms with E-state index in [0.29, 0.717) is 0 Å². The molecule has 0 amide bonds. The molecule has 0 fully saturated rings. The van der Waals surface area contributed by atoms with Crippen molar-refractivity contribution < 1.29 is 0 Å². The molecular weight excluding hydrogens is 194 g/mol. The Hall–Kier alpha value is -0.920. The normalized spacial score (nSPS) is 14.9. The monoisotopic (exact) mass is 219 g/mol. The third-order valence-electron chi connectivity index (χ3n) is 2.90. The van der Waals surface area contributed by atoms with E-state index in [4.69, 9.17) is 18.6 Å². The van der Waals surface area contributed by atoms with E-state index in [0.717, 1.165) is 38.5 Å². The highest BCUT2D eigenvalue weighted by molar-refractivity contribution is 4.93. The summed E-state index contributed by atoms with van der Waals surface area (Å²) in [5, 5.41) is 0. The molecule has 1 unspecified atom stereocenters. The van der Waals surface area contributed by atoms with E-state index in [-0.39, 0.29) is 11.0 Å². The average Bonchev–Trinajstić information content (AvgIpc) is 2.13. The first kappa shape index (κ1) is 15.1. The lowest BCUT2D eigenvalue weighted by Gasteiger charge is -2.34. The predicted octanol–water partition coefficient (Wildman–Crippen LogP) is 3.34. The van der Waals surface area contributed by atoms with Gasteiger partial charge in [-0.3, -0.25) is 0 Å². The number of hydrogen-bond acceptors (Lipinski definition) is 1. The summed E-state index contributed by atoms with van der Waals surface area (Å²) in [4.78, 5) is 0. The quantitative estimate of drug-likeness (QED) is 0.516. The summed E-state index contributed by atoms with van der Waals surface area (Å²) in [5.41, 5.74) is 6.34. The van der Waals surface area contributed by atoms with Crippen molar-refractivity contribution in [2.45, 2.75) is 64.8 Å². The molecule has 0 aromatic rings. The van der Waals surface area contributed by atoms with Crippen LogP contribution in [0, 0.1) is 30.1 Å². The van der Waals surface area contributed by atoms with Crippen LogP contribution in [0.2, 0.25) is 0 Å². The zero-order valence-electron chi connectivity index (χ0n) is 11.0. The molecule has 0 aromatic heterocycles. The number of hydrogen-bond donors (Lipinski definition) is 1. The van der Waals surface area contributed by atoms with E-state index >= 15 is 0 Å². The Morgan fingerprint density at radius 3 is 2.06 bits per heavy atom. The first-order valence-corrected chi connectivity index (χ1v) is 5.99. The first-order valence-electron chi connectivity index (χ1n) is 5.99. The van der Waals surface area contributed by atoms with Crippen molar-refractivity contribution in [3.8, 4) is 24.7 Å². The van der Waals surface area contributed by atoms with Gasteiger partial charge in [-0.1, -0.05) is 13.8 Å². The highest BCUT2D eigenvalue weighted by Crippen LogP contribution is 2.33. The lowest BCUT2D eigenvalue weighted by molar-refractivity contribution is 0.219. The number of nitrogens with two attached hydrogens (primary N) is 1. The van der Waals surface area contributed by atoms with E-state index < -0.39 is 0 Å². The molecule has 2 N–H and O–H groups in total. The second-order valence-electron chi connectivity index (χ2n) is 5.76. The van der Waals surface area contributed by atoms with Gasteiger partial charge in [0.25, 0.3) is 0 Å². The van der Waals surface area contributed by atoms with Gasteiger partial charge in [-0.05, 0) is 38.0 Å². The molecule has 0 aliphatic carbocycles. The molecule has 16 heavy (non-hydrogen) atoms. The minimum Gasteiger partial charge on any atom is -0.325 e. The maximum absolute atomic E-state index is 6.26. The Morgan fingerprint density at radius 1 is 1.00 bits per heavy atom. The second kappa shape index (κ2) is 6.62. The average molecular weight is 219 g/mol. The molecule has 0 saturated carbocycles. The SMILES string of the molecule is C#CCCCC(C)(C)CC(C)(N)CCC#C. The van der Waals surface area contributed by atoms with Crippen molar-refractivity contribution >= 4 is 0 Å². The van der Waals surface area contributed by atoms with E-state index in [1.807, 2.05) is 0 Å². The Morgan fingerprint density at radius 2 is 1.56 bits per heavy atom. The zero-order chi connectivity index (χ0) is 12.7. The van der Waals surface area contributed by atoms with Gasteiger partial charge < -0.3 is 5.73 Å². The van der Waals surface area contributed by atoms with Crippen LogP contribution < -0.4 is 5.73 Å². The van der Waals surface area contributed by atoms with Gasteiger partial charge in [0.15, 0.2) is 0 Å². The van der Waals surface area contributed by atoms with Crippen LogP contribution in [0.1, 0.15) is 59.3 Å². The summed E-state index contributed by atoms with van der Waals surface area (Å²) < 4.78 is 0. The van der Waals surface area contributed by atoms with E-state index in [1.165, 1.54) is 0 Å². The molecule has 0 radical (unpaired) electrons. The maximum atomic E-state index is 6.26. The fourth-order valence-electron chi connectivity index (χ4n) is 2.30. The molecule has 0 aliphatic rings. The Balaban J connectivity index is 4.13. The van der Waals surface area contributed by atoms with Crippen LogP contribution in [-0.4, -0.2) is 5.54 Å². The van der Waals surface area contributed by atoms with Gasteiger partial charge in [-0.15, -0.1) is 24.7 Å². The number of terminal acetylenes is 2. The lowest BCUT2D eigenvalue weighted by Crippen LogP contribution is -2.40. The summed E-state index contributed by atoms with van der Waals surface area (Å²) in [6.07, 6.45) is 16.2. The molecule has 90 valence electrons. The number of unbranched alkanes of at least 4 members (excludes halogenated alkanes) is 1. The van der Waals surface area contributed by atoms with Crippen molar-refractivity contribution in [1.29, 1.82) is 0 Å². The third-order valence-corrected chi connectivity index (χ3v) is 2.90. The van der Waals surface area contributed by atoms with Crippen molar-refractivity contribution in [2.24, 2.45) is 11.1 Å². The molecule has 0 aromatic carbocycles. The highest BCUT2D eigenvalue weighted by atomic mass is 14.7. The summed E-state index contributed by atoms with van der Waals surface area (Å²) in [6, 6.07) is 0. The Bertz CT molecular complexity index is 273. The topological polar surface area (TPSA) is 26.0 Å². The van der Waals surface area contributed by atoms with E-state index in [9.17, 15) is 0 Å². The van der Waals surface area contributed by atoms with Crippen LogP contribution in [0.5, 0.6) is 0 Å². The summed E-state index contributed by atoms with van der Waals surface area (Å²) in [5.74, 6) is 5.33. The van der Waals surface area contributed by atoms with Gasteiger partial charge in [-0.25, -0.2) is 0 Å². The van der Waals surface area contributed by atoms with Gasteiger partial charge in [0.2, 0.25) is 0 Å². The van der Waals surface area contributed by atoms with Crippen LogP contribution in [0.25, 0.3) is 0 Å². The Kier molecular flexibility index (Phi) is 6.24.